The molecule has 134 valence electrons. The Bertz CT molecular complexity index is 494. The Balaban J connectivity index is 1.78. The molecule has 1 saturated heterocycles. The van der Waals surface area contributed by atoms with Crippen molar-refractivity contribution in [2.75, 3.05) is 32.7 Å². The number of ether oxygens (including phenoxy) is 1. The molecule has 2 atom stereocenters. The van der Waals surface area contributed by atoms with Gasteiger partial charge in [-0.1, -0.05) is 19.1 Å². The standard InChI is InChI=1S/C19H31N3O2/c1-4-9-20-10-11-21-19(23)18-7-5-17(6-8-18)14-22-12-15(2)24-16(3)13-22/h5-8,15-16,20H,4,9-14H2,1-3H3,(H,21,23). The number of hydrogen-bond acceptors (Lipinski definition) is 4. The summed E-state index contributed by atoms with van der Waals surface area (Å²) < 4.78 is 5.77. The molecule has 0 aliphatic carbocycles. The second-order valence-electron chi connectivity index (χ2n) is 6.65. The lowest BCUT2D eigenvalue weighted by Gasteiger charge is -2.35. The molecular weight excluding hydrogens is 302 g/mol. The van der Waals surface area contributed by atoms with Crippen molar-refractivity contribution in [1.29, 1.82) is 0 Å². The van der Waals surface area contributed by atoms with Crippen molar-refractivity contribution < 1.29 is 9.53 Å². The maximum Gasteiger partial charge on any atom is 0.251 e. The summed E-state index contributed by atoms with van der Waals surface area (Å²) in [6.45, 7) is 11.6. The molecule has 0 radical (unpaired) electrons. The number of carbonyl (C=O) groups is 1. The summed E-state index contributed by atoms with van der Waals surface area (Å²) in [5.41, 5.74) is 1.95. The van der Waals surface area contributed by atoms with Crippen molar-refractivity contribution in [2.24, 2.45) is 0 Å². The summed E-state index contributed by atoms with van der Waals surface area (Å²) in [5, 5.41) is 6.22. The second kappa shape index (κ2) is 9.77. The molecule has 2 N–H and O–H groups in total. The van der Waals surface area contributed by atoms with Gasteiger partial charge in [-0.3, -0.25) is 9.69 Å². The van der Waals surface area contributed by atoms with E-state index in [0.717, 1.165) is 44.7 Å². The van der Waals surface area contributed by atoms with Gasteiger partial charge in [0.05, 0.1) is 12.2 Å². The minimum absolute atomic E-state index is 0.00605. The molecule has 2 unspecified atom stereocenters. The highest BCUT2D eigenvalue weighted by Gasteiger charge is 2.22. The van der Waals surface area contributed by atoms with E-state index < -0.39 is 0 Å². The zero-order valence-corrected chi connectivity index (χ0v) is 15.2. The fourth-order valence-corrected chi connectivity index (χ4v) is 3.10. The Morgan fingerprint density at radius 3 is 2.42 bits per heavy atom. The molecule has 2 rings (SSSR count). The number of morpholine rings is 1. The van der Waals surface area contributed by atoms with E-state index in [-0.39, 0.29) is 18.1 Å². The predicted molar refractivity (Wildman–Crippen MR) is 97.2 cm³/mol. The molecule has 1 aromatic carbocycles. The average molecular weight is 333 g/mol. The number of hydrogen-bond donors (Lipinski definition) is 2. The normalized spacial score (nSPS) is 21.6. The van der Waals surface area contributed by atoms with Gasteiger partial charge in [-0.2, -0.15) is 0 Å². The molecule has 0 saturated carbocycles. The van der Waals surface area contributed by atoms with Crippen LogP contribution in [0.4, 0.5) is 0 Å². The van der Waals surface area contributed by atoms with Gasteiger partial charge >= 0.3 is 0 Å². The van der Waals surface area contributed by atoms with Crippen molar-refractivity contribution in [3.05, 3.63) is 35.4 Å². The van der Waals surface area contributed by atoms with Crippen LogP contribution in [0.2, 0.25) is 0 Å². The van der Waals surface area contributed by atoms with Gasteiger partial charge in [0.15, 0.2) is 0 Å². The minimum atomic E-state index is -0.00605. The Kier molecular flexibility index (Phi) is 7.69. The molecule has 0 aromatic heterocycles. The molecule has 1 heterocycles. The van der Waals surface area contributed by atoms with Gasteiger partial charge in [-0.25, -0.2) is 0 Å². The highest BCUT2D eigenvalue weighted by Crippen LogP contribution is 2.14. The molecule has 5 heteroatoms. The molecular formula is C19H31N3O2. The molecule has 5 nitrogen and oxygen atoms in total. The minimum Gasteiger partial charge on any atom is -0.373 e. The van der Waals surface area contributed by atoms with Crippen LogP contribution in [-0.2, 0) is 11.3 Å². The number of carbonyl (C=O) groups excluding carboxylic acids is 1. The van der Waals surface area contributed by atoms with Crippen LogP contribution in [0.3, 0.4) is 0 Å². The predicted octanol–water partition coefficient (Wildman–Crippen LogP) is 2.03. The SMILES string of the molecule is CCCNCCNC(=O)c1ccc(CN2CC(C)OC(C)C2)cc1. The van der Waals surface area contributed by atoms with E-state index in [1.807, 2.05) is 12.1 Å². The smallest absolute Gasteiger partial charge is 0.251 e. The van der Waals surface area contributed by atoms with E-state index in [1.54, 1.807) is 0 Å². The molecule has 1 aromatic rings. The van der Waals surface area contributed by atoms with E-state index >= 15 is 0 Å². The monoisotopic (exact) mass is 333 g/mol. The van der Waals surface area contributed by atoms with Gasteiger partial charge < -0.3 is 15.4 Å². The highest BCUT2D eigenvalue weighted by atomic mass is 16.5. The first-order valence-corrected chi connectivity index (χ1v) is 9.04. The Labute approximate surface area is 145 Å². The Morgan fingerprint density at radius 2 is 1.79 bits per heavy atom. The summed E-state index contributed by atoms with van der Waals surface area (Å²) >= 11 is 0. The third-order valence-electron chi connectivity index (χ3n) is 4.13. The molecule has 0 spiro atoms. The third kappa shape index (κ3) is 6.23. The maximum absolute atomic E-state index is 12.1. The molecule has 0 bridgehead atoms. The van der Waals surface area contributed by atoms with E-state index in [1.165, 1.54) is 5.56 Å². The Morgan fingerprint density at radius 1 is 1.12 bits per heavy atom. The van der Waals surface area contributed by atoms with Crippen molar-refractivity contribution in [2.45, 2.75) is 45.9 Å². The second-order valence-corrected chi connectivity index (χ2v) is 6.65. The summed E-state index contributed by atoms with van der Waals surface area (Å²) in [5.74, 6) is -0.00605. The van der Waals surface area contributed by atoms with Crippen LogP contribution in [0.15, 0.2) is 24.3 Å². The number of nitrogens with one attached hydrogen (secondary N) is 2. The number of nitrogens with zero attached hydrogens (tertiary/aromatic N) is 1. The van der Waals surface area contributed by atoms with Crippen LogP contribution >= 0.6 is 0 Å². The lowest BCUT2D eigenvalue weighted by molar-refractivity contribution is -0.0704. The first-order chi connectivity index (χ1) is 11.6. The van der Waals surface area contributed by atoms with Crippen molar-refractivity contribution in [3.8, 4) is 0 Å². The van der Waals surface area contributed by atoms with Gasteiger partial charge in [0.1, 0.15) is 0 Å². The van der Waals surface area contributed by atoms with Crippen molar-refractivity contribution in [1.82, 2.24) is 15.5 Å². The first-order valence-electron chi connectivity index (χ1n) is 9.04. The van der Waals surface area contributed by atoms with Gasteiger partial charge in [0.2, 0.25) is 0 Å². The van der Waals surface area contributed by atoms with Crippen molar-refractivity contribution in [3.63, 3.8) is 0 Å². The van der Waals surface area contributed by atoms with Gasteiger partial charge in [-0.15, -0.1) is 0 Å². The maximum atomic E-state index is 12.1. The quantitative estimate of drug-likeness (QED) is 0.715. The van der Waals surface area contributed by atoms with Crippen LogP contribution in [0.25, 0.3) is 0 Å². The summed E-state index contributed by atoms with van der Waals surface area (Å²) in [4.78, 5) is 14.5. The van der Waals surface area contributed by atoms with E-state index in [0.29, 0.717) is 6.54 Å². The summed E-state index contributed by atoms with van der Waals surface area (Å²) in [6, 6.07) is 7.93. The largest absolute Gasteiger partial charge is 0.373 e. The summed E-state index contributed by atoms with van der Waals surface area (Å²) in [6.07, 6.45) is 1.66. The number of rotatable bonds is 8. The summed E-state index contributed by atoms with van der Waals surface area (Å²) in [7, 11) is 0. The fourth-order valence-electron chi connectivity index (χ4n) is 3.10. The lowest BCUT2D eigenvalue weighted by atomic mass is 10.1. The molecule has 1 amide bonds. The fraction of sp³-hybridized carbons (Fsp3) is 0.632. The van der Waals surface area contributed by atoms with E-state index in [4.69, 9.17) is 4.74 Å². The third-order valence-corrected chi connectivity index (χ3v) is 4.13. The van der Waals surface area contributed by atoms with Crippen LogP contribution in [0.5, 0.6) is 0 Å². The lowest BCUT2D eigenvalue weighted by Crippen LogP contribution is -2.44. The van der Waals surface area contributed by atoms with Gasteiger partial charge in [-0.05, 0) is 44.5 Å². The van der Waals surface area contributed by atoms with E-state index in [9.17, 15) is 4.79 Å². The molecule has 1 aliphatic heterocycles. The van der Waals surface area contributed by atoms with Gasteiger partial charge in [0.25, 0.3) is 5.91 Å². The van der Waals surface area contributed by atoms with E-state index in [2.05, 4.69) is 48.4 Å². The van der Waals surface area contributed by atoms with Crippen molar-refractivity contribution >= 4 is 5.91 Å². The average Bonchev–Trinajstić information content (AvgIpc) is 2.54. The number of amides is 1. The topological polar surface area (TPSA) is 53.6 Å². The van der Waals surface area contributed by atoms with Crippen LogP contribution < -0.4 is 10.6 Å². The van der Waals surface area contributed by atoms with Crippen LogP contribution in [-0.4, -0.2) is 55.7 Å². The van der Waals surface area contributed by atoms with Crippen LogP contribution in [0, 0.1) is 0 Å². The first kappa shape index (κ1) is 18.9. The number of benzene rings is 1. The van der Waals surface area contributed by atoms with Gasteiger partial charge in [0, 0.05) is 38.3 Å². The molecule has 1 fully saturated rings. The zero-order valence-electron chi connectivity index (χ0n) is 15.2. The highest BCUT2D eigenvalue weighted by molar-refractivity contribution is 5.94. The zero-order chi connectivity index (χ0) is 17.4. The molecule has 1 aliphatic rings. The molecule has 24 heavy (non-hydrogen) atoms. The Hall–Kier alpha value is -1.43. The van der Waals surface area contributed by atoms with Crippen LogP contribution in [0.1, 0.15) is 43.1 Å².